The number of aromatic nitrogens is 7. The van der Waals surface area contributed by atoms with Crippen LogP contribution in [-0.2, 0) is 6.18 Å². The fourth-order valence-electron chi connectivity index (χ4n) is 4.55. The smallest absolute Gasteiger partial charge is 0.366 e. The first-order valence-electron chi connectivity index (χ1n) is 12.0. The first kappa shape index (κ1) is 23.1. The minimum atomic E-state index is -4.48. The number of hydrogen-bond donors (Lipinski definition) is 1. The van der Waals surface area contributed by atoms with E-state index in [0.717, 1.165) is 34.1 Å². The highest BCUT2D eigenvalue weighted by molar-refractivity contribution is 5.74. The van der Waals surface area contributed by atoms with E-state index in [1.54, 1.807) is 15.4 Å². The zero-order valence-corrected chi connectivity index (χ0v) is 19.9. The number of nitrogens with two attached hydrogens (primary N) is 1. The quantitative estimate of drug-likeness (QED) is 0.327. The van der Waals surface area contributed by atoms with E-state index in [0.29, 0.717) is 23.5 Å². The van der Waals surface area contributed by atoms with Crippen LogP contribution in [0.4, 0.5) is 19.1 Å². The lowest BCUT2D eigenvalue weighted by Crippen LogP contribution is -2.13. The summed E-state index contributed by atoms with van der Waals surface area (Å²) in [5.74, 6) is 0.720. The maximum Gasteiger partial charge on any atom is 0.433 e. The van der Waals surface area contributed by atoms with Gasteiger partial charge in [0, 0.05) is 41.3 Å². The van der Waals surface area contributed by atoms with Gasteiger partial charge in [-0.15, -0.1) is 5.10 Å². The summed E-state index contributed by atoms with van der Waals surface area (Å²) in [6, 6.07) is 10.1. The Bertz CT molecular complexity index is 1560. The molecule has 2 N–H and O–H groups in total. The number of fused-ring (bicyclic) bond motifs is 1. The molecule has 0 amide bonds. The van der Waals surface area contributed by atoms with Crippen molar-refractivity contribution in [2.45, 2.75) is 44.3 Å². The molecular weight excluding hydrogens is 481 g/mol. The van der Waals surface area contributed by atoms with Crippen molar-refractivity contribution in [3.8, 4) is 22.4 Å². The van der Waals surface area contributed by atoms with Crippen LogP contribution >= 0.6 is 0 Å². The van der Waals surface area contributed by atoms with Crippen LogP contribution < -0.4 is 5.73 Å². The molecular formula is C26H23F3N8. The van der Waals surface area contributed by atoms with Crippen molar-refractivity contribution in [3.63, 3.8) is 0 Å². The second-order valence-corrected chi connectivity index (χ2v) is 9.22. The Hall–Kier alpha value is -4.28. The number of nitrogen functional groups attached to an aromatic ring is 1. The highest BCUT2D eigenvalue weighted by Crippen LogP contribution is 2.39. The lowest BCUT2D eigenvalue weighted by atomic mass is 10.1. The van der Waals surface area contributed by atoms with Crippen molar-refractivity contribution < 1.29 is 13.2 Å². The third-order valence-corrected chi connectivity index (χ3v) is 6.63. The van der Waals surface area contributed by atoms with Gasteiger partial charge in [0.05, 0.1) is 17.9 Å². The average molecular weight is 505 g/mol. The Labute approximate surface area is 210 Å². The van der Waals surface area contributed by atoms with E-state index in [1.807, 2.05) is 43.6 Å². The van der Waals surface area contributed by atoms with Crippen molar-refractivity contribution in [1.82, 2.24) is 34.3 Å². The number of alkyl halides is 3. The van der Waals surface area contributed by atoms with Crippen LogP contribution in [0.15, 0.2) is 61.2 Å². The summed E-state index contributed by atoms with van der Waals surface area (Å²) < 4.78 is 42.3. The largest absolute Gasteiger partial charge is 0.433 e. The predicted octanol–water partition coefficient (Wildman–Crippen LogP) is 5.53. The van der Waals surface area contributed by atoms with Gasteiger partial charge in [-0.2, -0.15) is 23.3 Å². The molecule has 1 saturated carbocycles. The molecule has 1 atom stereocenters. The van der Waals surface area contributed by atoms with Gasteiger partial charge in [0.2, 0.25) is 5.95 Å². The normalized spacial score (nSPS) is 14.8. The molecule has 0 radical (unpaired) electrons. The summed E-state index contributed by atoms with van der Waals surface area (Å²) in [4.78, 5) is 12.6. The maximum absolute atomic E-state index is 12.9. The molecule has 11 heteroatoms. The number of halogens is 3. The zero-order valence-electron chi connectivity index (χ0n) is 19.9. The predicted molar refractivity (Wildman–Crippen MR) is 131 cm³/mol. The first-order chi connectivity index (χ1) is 17.8. The van der Waals surface area contributed by atoms with Crippen LogP contribution in [0.5, 0.6) is 0 Å². The molecule has 0 saturated heterocycles. The Morgan fingerprint density at radius 3 is 2.49 bits per heavy atom. The molecule has 0 aromatic carbocycles. The van der Waals surface area contributed by atoms with Gasteiger partial charge < -0.3 is 5.73 Å². The van der Waals surface area contributed by atoms with Gasteiger partial charge in [0.25, 0.3) is 0 Å². The van der Waals surface area contributed by atoms with Gasteiger partial charge in [-0.3, -0.25) is 14.6 Å². The molecule has 8 nitrogen and oxygen atoms in total. The average Bonchev–Trinajstić information content (AvgIpc) is 3.50. The van der Waals surface area contributed by atoms with Crippen molar-refractivity contribution in [2.24, 2.45) is 0 Å². The summed E-state index contributed by atoms with van der Waals surface area (Å²) in [6.07, 6.45) is 5.21. The SMILES string of the molecule is CCC(c1ccc(C(F)(F)F)nc1)n1cc(-c2cc(-c3ccc(C4CC4)nc3)n3nc(N)nc3c2)cn1. The maximum atomic E-state index is 12.9. The van der Waals surface area contributed by atoms with Crippen molar-refractivity contribution in [1.29, 1.82) is 0 Å². The van der Waals surface area contributed by atoms with E-state index >= 15 is 0 Å². The summed E-state index contributed by atoms with van der Waals surface area (Å²) in [6.45, 7) is 1.95. The van der Waals surface area contributed by atoms with Crippen LogP contribution in [0, 0.1) is 0 Å². The molecule has 0 aliphatic heterocycles. The monoisotopic (exact) mass is 504 g/mol. The van der Waals surface area contributed by atoms with E-state index < -0.39 is 11.9 Å². The molecule has 5 aromatic heterocycles. The number of rotatable bonds is 6. The molecule has 1 fully saturated rings. The summed E-state index contributed by atoms with van der Waals surface area (Å²) >= 11 is 0. The molecule has 5 aromatic rings. The third kappa shape index (κ3) is 4.41. The Kier molecular flexibility index (Phi) is 5.43. The highest BCUT2D eigenvalue weighted by atomic mass is 19.4. The standard InChI is InChI=1S/C26H23F3N8/c1-2-21(16-6-8-23(32-12-16)26(27,28)29)36-14-19(13-33-36)18-9-22(37-24(10-18)34-25(30)35-37)17-5-7-20(31-11-17)15-3-4-15/h5-15,21H,2-4H2,1H3,(H2,30,35). The Balaban J connectivity index is 1.36. The molecule has 5 heterocycles. The van der Waals surface area contributed by atoms with E-state index in [2.05, 4.69) is 25.1 Å². The minimum Gasteiger partial charge on any atom is -0.366 e. The number of pyridine rings is 3. The van der Waals surface area contributed by atoms with Crippen molar-refractivity contribution in [2.75, 3.05) is 5.73 Å². The van der Waals surface area contributed by atoms with Crippen LogP contribution in [0.2, 0.25) is 0 Å². The van der Waals surface area contributed by atoms with E-state index in [-0.39, 0.29) is 12.0 Å². The number of anilines is 1. The van der Waals surface area contributed by atoms with Gasteiger partial charge >= 0.3 is 6.18 Å². The molecule has 1 aliphatic rings. The second-order valence-electron chi connectivity index (χ2n) is 9.22. The van der Waals surface area contributed by atoms with Crippen LogP contribution in [0.3, 0.4) is 0 Å². The molecule has 1 unspecified atom stereocenters. The van der Waals surface area contributed by atoms with E-state index in [9.17, 15) is 13.2 Å². The van der Waals surface area contributed by atoms with E-state index in [1.165, 1.54) is 25.1 Å². The topological polar surface area (TPSA) is 99.8 Å². The molecule has 6 rings (SSSR count). The van der Waals surface area contributed by atoms with E-state index in [4.69, 9.17) is 5.73 Å². The lowest BCUT2D eigenvalue weighted by molar-refractivity contribution is -0.141. The minimum absolute atomic E-state index is 0.164. The fraction of sp³-hybridized carbons (Fsp3) is 0.269. The Morgan fingerprint density at radius 2 is 1.84 bits per heavy atom. The molecule has 0 spiro atoms. The van der Waals surface area contributed by atoms with Gasteiger partial charge in [0.15, 0.2) is 5.65 Å². The number of hydrogen-bond acceptors (Lipinski definition) is 6. The third-order valence-electron chi connectivity index (χ3n) is 6.63. The molecule has 0 bridgehead atoms. The molecule has 37 heavy (non-hydrogen) atoms. The molecule has 1 aliphatic carbocycles. The van der Waals surface area contributed by atoms with Crippen LogP contribution in [0.1, 0.15) is 55.1 Å². The fourth-order valence-corrected chi connectivity index (χ4v) is 4.55. The first-order valence-corrected chi connectivity index (χ1v) is 12.0. The van der Waals surface area contributed by atoms with Crippen molar-refractivity contribution in [3.05, 3.63) is 78.1 Å². The highest BCUT2D eigenvalue weighted by Gasteiger charge is 2.32. The van der Waals surface area contributed by atoms with Crippen molar-refractivity contribution >= 4 is 11.6 Å². The van der Waals surface area contributed by atoms with Gasteiger partial charge in [-0.05, 0) is 60.7 Å². The number of nitrogens with zero attached hydrogens (tertiary/aromatic N) is 7. The van der Waals surface area contributed by atoms with Gasteiger partial charge in [0.1, 0.15) is 5.69 Å². The van der Waals surface area contributed by atoms with Gasteiger partial charge in [-0.25, -0.2) is 4.52 Å². The summed E-state index contributed by atoms with van der Waals surface area (Å²) in [5, 5.41) is 8.88. The van der Waals surface area contributed by atoms with Gasteiger partial charge in [-0.1, -0.05) is 13.0 Å². The summed E-state index contributed by atoms with van der Waals surface area (Å²) in [5.41, 5.74) is 10.7. The summed E-state index contributed by atoms with van der Waals surface area (Å²) in [7, 11) is 0. The lowest BCUT2D eigenvalue weighted by Gasteiger charge is -2.16. The van der Waals surface area contributed by atoms with Crippen LogP contribution in [-0.4, -0.2) is 34.3 Å². The van der Waals surface area contributed by atoms with Crippen LogP contribution in [0.25, 0.3) is 28.0 Å². The zero-order chi connectivity index (χ0) is 25.7. The second kappa shape index (κ2) is 8.68. The molecule has 188 valence electrons. The Morgan fingerprint density at radius 1 is 1.00 bits per heavy atom.